The molecule has 0 radical (unpaired) electrons. The Morgan fingerprint density at radius 1 is 1.77 bits per heavy atom. The van der Waals surface area contributed by atoms with E-state index in [9.17, 15) is 14.0 Å². The smallest absolute Gasteiger partial charge is 0.325 e. The number of halogens is 2. The molecule has 0 atom stereocenters. The molecule has 1 aromatic heterocycles. The Kier molecular flexibility index (Phi) is 2.62. The van der Waals surface area contributed by atoms with Crippen molar-refractivity contribution in [2.24, 2.45) is 0 Å². The van der Waals surface area contributed by atoms with Gasteiger partial charge in [0.25, 0.3) is 5.56 Å². The largest absolute Gasteiger partial charge is 0.480 e. The fraction of sp³-hybridized carbons (Fsp3) is 0.167. The van der Waals surface area contributed by atoms with Crippen LogP contribution in [0.3, 0.4) is 0 Å². The number of carbonyl (C=O) groups is 1. The maximum Gasteiger partial charge on any atom is 0.325 e. The average molecular weight is 207 g/mol. The molecule has 7 heteroatoms. The highest BCUT2D eigenvalue weighted by Gasteiger charge is 2.10. The fourth-order valence-corrected chi connectivity index (χ4v) is 0.832. The van der Waals surface area contributed by atoms with Crippen LogP contribution >= 0.6 is 11.6 Å². The summed E-state index contributed by atoms with van der Waals surface area (Å²) in [6.45, 7) is -0.640. The standard InChI is InChI=1S/C6H4ClFN2O3/c7-5-3(8)1-9-10(6(5)13)2-4(11)12/h1H,2H2,(H,11,12). The minimum atomic E-state index is -1.25. The topological polar surface area (TPSA) is 72.2 Å². The van der Waals surface area contributed by atoms with E-state index in [1.165, 1.54) is 0 Å². The van der Waals surface area contributed by atoms with E-state index in [2.05, 4.69) is 5.10 Å². The van der Waals surface area contributed by atoms with Crippen molar-refractivity contribution in [3.63, 3.8) is 0 Å². The number of rotatable bonds is 2. The molecule has 0 saturated heterocycles. The van der Waals surface area contributed by atoms with E-state index in [0.29, 0.717) is 10.9 Å². The molecule has 0 aliphatic carbocycles. The Hall–Kier alpha value is -1.43. The molecule has 5 nitrogen and oxygen atoms in total. The van der Waals surface area contributed by atoms with E-state index in [1.807, 2.05) is 0 Å². The van der Waals surface area contributed by atoms with Crippen LogP contribution in [0.25, 0.3) is 0 Å². The van der Waals surface area contributed by atoms with Gasteiger partial charge in [0.2, 0.25) is 0 Å². The fourth-order valence-electron chi connectivity index (χ4n) is 0.686. The molecule has 1 aromatic rings. The van der Waals surface area contributed by atoms with Crippen molar-refractivity contribution >= 4 is 17.6 Å². The quantitative estimate of drug-likeness (QED) is 0.746. The van der Waals surface area contributed by atoms with Gasteiger partial charge in [0, 0.05) is 0 Å². The number of hydrogen-bond donors (Lipinski definition) is 1. The Bertz CT molecular complexity index is 403. The van der Waals surface area contributed by atoms with Crippen LogP contribution in [0.1, 0.15) is 0 Å². The van der Waals surface area contributed by atoms with Gasteiger partial charge in [-0.3, -0.25) is 9.59 Å². The number of hydrogen-bond acceptors (Lipinski definition) is 3. The molecule has 0 aliphatic rings. The predicted molar refractivity (Wildman–Crippen MR) is 41.1 cm³/mol. The second-order valence-electron chi connectivity index (χ2n) is 2.16. The first-order valence-corrected chi connectivity index (χ1v) is 3.53. The predicted octanol–water partition coefficient (Wildman–Crippen LogP) is 0.120. The number of aromatic nitrogens is 2. The Balaban J connectivity index is 3.19. The maximum atomic E-state index is 12.5. The first kappa shape index (κ1) is 9.66. The van der Waals surface area contributed by atoms with Gasteiger partial charge in [-0.1, -0.05) is 11.6 Å². The summed E-state index contributed by atoms with van der Waals surface area (Å²) in [7, 11) is 0. The lowest BCUT2D eigenvalue weighted by Crippen LogP contribution is -2.27. The molecule has 0 fully saturated rings. The van der Waals surface area contributed by atoms with Gasteiger partial charge in [0.15, 0.2) is 5.82 Å². The zero-order chi connectivity index (χ0) is 10.0. The second kappa shape index (κ2) is 3.53. The van der Waals surface area contributed by atoms with Crippen LogP contribution in [0, 0.1) is 5.82 Å². The minimum absolute atomic E-state index is 0.563. The molecular formula is C6H4ClFN2O3. The van der Waals surface area contributed by atoms with Gasteiger partial charge in [0.1, 0.15) is 11.6 Å². The van der Waals surface area contributed by atoms with Gasteiger partial charge in [-0.05, 0) is 0 Å². The summed E-state index contributed by atoms with van der Waals surface area (Å²) in [6, 6.07) is 0. The molecule has 0 unspecified atom stereocenters. The molecule has 1 heterocycles. The first-order chi connectivity index (χ1) is 6.02. The van der Waals surface area contributed by atoms with Gasteiger partial charge in [-0.15, -0.1) is 0 Å². The van der Waals surface area contributed by atoms with E-state index < -0.39 is 28.9 Å². The van der Waals surface area contributed by atoms with Crippen LogP contribution in [0.2, 0.25) is 5.02 Å². The summed E-state index contributed by atoms with van der Waals surface area (Å²) in [5, 5.41) is 10.9. The molecule has 1 N–H and O–H groups in total. The Morgan fingerprint density at radius 2 is 2.38 bits per heavy atom. The SMILES string of the molecule is O=C(O)Cn1ncc(F)c(Cl)c1=O. The van der Waals surface area contributed by atoms with Gasteiger partial charge in [-0.2, -0.15) is 5.10 Å². The molecule has 1 rings (SSSR count). The molecule has 70 valence electrons. The third kappa shape index (κ3) is 2.03. The van der Waals surface area contributed by atoms with E-state index in [-0.39, 0.29) is 0 Å². The highest BCUT2D eigenvalue weighted by molar-refractivity contribution is 6.30. The van der Waals surface area contributed by atoms with Crippen LogP contribution in [0.15, 0.2) is 11.0 Å². The zero-order valence-corrected chi connectivity index (χ0v) is 6.95. The molecule has 13 heavy (non-hydrogen) atoms. The zero-order valence-electron chi connectivity index (χ0n) is 6.20. The van der Waals surface area contributed by atoms with Crippen molar-refractivity contribution in [1.29, 1.82) is 0 Å². The summed E-state index contributed by atoms with van der Waals surface area (Å²) in [5.74, 6) is -2.22. The van der Waals surface area contributed by atoms with Gasteiger partial charge in [-0.25, -0.2) is 9.07 Å². The minimum Gasteiger partial charge on any atom is -0.480 e. The van der Waals surface area contributed by atoms with Crippen molar-refractivity contribution in [3.05, 3.63) is 27.4 Å². The summed E-state index contributed by atoms with van der Waals surface area (Å²) in [6.07, 6.45) is 0.687. The van der Waals surface area contributed by atoms with Gasteiger partial charge >= 0.3 is 5.97 Å². The van der Waals surface area contributed by atoms with Crippen molar-refractivity contribution < 1.29 is 14.3 Å². The van der Waals surface area contributed by atoms with Crippen molar-refractivity contribution in [2.45, 2.75) is 6.54 Å². The molecule has 0 spiro atoms. The van der Waals surface area contributed by atoms with Crippen LogP contribution in [-0.2, 0) is 11.3 Å². The number of carboxylic acids is 1. The third-order valence-electron chi connectivity index (χ3n) is 1.23. The lowest BCUT2D eigenvalue weighted by atomic mass is 10.5. The second-order valence-corrected chi connectivity index (χ2v) is 2.54. The lowest BCUT2D eigenvalue weighted by molar-refractivity contribution is -0.138. The van der Waals surface area contributed by atoms with Crippen molar-refractivity contribution in [1.82, 2.24) is 9.78 Å². The molecule has 0 aliphatic heterocycles. The molecule has 0 amide bonds. The Labute approximate surface area is 76.4 Å². The lowest BCUT2D eigenvalue weighted by Gasteiger charge is -2.00. The monoisotopic (exact) mass is 206 g/mol. The van der Waals surface area contributed by atoms with Gasteiger partial charge in [0.05, 0.1) is 6.20 Å². The van der Waals surface area contributed by atoms with E-state index in [1.54, 1.807) is 0 Å². The van der Waals surface area contributed by atoms with Crippen LogP contribution in [0.4, 0.5) is 4.39 Å². The van der Waals surface area contributed by atoms with Crippen LogP contribution in [0.5, 0.6) is 0 Å². The van der Waals surface area contributed by atoms with Crippen molar-refractivity contribution in [2.75, 3.05) is 0 Å². The molecule has 0 saturated carbocycles. The number of aliphatic carboxylic acids is 1. The summed E-state index contributed by atoms with van der Waals surface area (Å²) in [4.78, 5) is 21.2. The van der Waals surface area contributed by atoms with E-state index >= 15 is 0 Å². The first-order valence-electron chi connectivity index (χ1n) is 3.15. The van der Waals surface area contributed by atoms with Crippen LogP contribution in [-0.4, -0.2) is 20.9 Å². The number of nitrogens with zero attached hydrogens (tertiary/aromatic N) is 2. The van der Waals surface area contributed by atoms with E-state index in [0.717, 1.165) is 0 Å². The summed E-state index contributed by atoms with van der Waals surface area (Å²) >= 11 is 5.22. The van der Waals surface area contributed by atoms with Crippen molar-refractivity contribution in [3.8, 4) is 0 Å². The third-order valence-corrected chi connectivity index (χ3v) is 1.57. The molecular weight excluding hydrogens is 203 g/mol. The number of carboxylic acid groups (broad SMARTS) is 1. The Morgan fingerprint density at radius 3 is 2.92 bits per heavy atom. The highest BCUT2D eigenvalue weighted by atomic mass is 35.5. The highest BCUT2D eigenvalue weighted by Crippen LogP contribution is 2.04. The van der Waals surface area contributed by atoms with Gasteiger partial charge < -0.3 is 5.11 Å². The molecule has 0 bridgehead atoms. The molecule has 0 aromatic carbocycles. The van der Waals surface area contributed by atoms with E-state index in [4.69, 9.17) is 16.7 Å². The summed E-state index contributed by atoms with van der Waals surface area (Å²) < 4.78 is 13.1. The average Bonchev–Trinajstić information content (AvgIpc) is 2.06. The normalized spacial score (nSPS) is 10.0. The summed E-state index contributed by atoms with van der Waals surface area (Å²) in [5.41, 5.74) is -0.955. The maximum absolute atomic E-state index is 12.5. The van der Waals surface area contributed by atoms with Crippen LogP contribution < -0.4 is 5.56 Å².